The Morgan fingerprint density at radius 3 is 2.54 bits per heavy atom. The fourth-order valence-corrected chi connectivity index (χ4v) is 1.08. The average molecular weight is 290 g/mol. The molecule has 76 valence electrons. The molecular weight excluding hydrogens is 279 g/mol. The van der Waals surface area contributed by atoms with E-state index in [1.807, 2.05) is 12.1 Å². The maximum absolute atomic E-state index is 8.70. The van der Waals surface area contributed by atoms with Gasteiger partial charge in [0.1, 0.15) is 4.60 Å². The van der Waals surface area contributed by atoms with Crippen LogP contribution in [0, 0.1) is 0 Å². The van der Waals surface area contributed by atoms with Gasteiger partial charge in [-0.05, 0) is 28.1 Å². The summed E-state index contributed by atoms with van der Waals surface area (Å²) in [6, 6.07) is 5.05. The van der Waals surface area contributed by atoms with E-state index < -0.39 is 0 Å². The Hall–Kier alpha value is 0.130. The van der Waals surface area contributed by atoms with E-state index in [2.05, 4.69) is 20.9 Å². The van der Waals surface area contributed by atoms with E-state index in [0.717, 1.165) is 4.60 Å². The highest BCUT2D eigenvalue weighted by Gasteiger charge is 2.04. The number of pyridine rings is 1. The molecule has 0 radical (unpaired) electrons. The number of aliphatic hydroxyl groups is 1. The number of nitrogens with two attached hydrogens (primary N) is 1. The Balaban J connectivity index is 0. The number of hydrogen-bond donors (Lipinski definition) is 2. The fourth-order valence-electron chi connectivity index (χ4n) is 0.724. The third-order valence-electron chi connectivity index (χ3n) is 1.31. The molecule has 0 spiro atoms. The molecule has 1 aromatic rings. The van der Waals surface area contributed by atoms with Crippen molar-refractivity contribution in [3.63, 3.8) is 0 Å². The Bertz CT molecular complexity index is 250. The van der Waals surface area contributed by atoms with E-state index in [4.69, 9.17) is 10.8 Å². The van der Waals surface area contributed by atoms with Crippen LogP contribution in [-0.2, 0) is 0 Å². The average Bonchev–Trinajstić information content (AvgIpc) is 2.03. The first-order valence-corrected chi connectivity index (χ1v) is 4.02. The van der Waals surface area contributed by atoms with Gasteiger partial charge in [-0.25, -0.2) is 4.98 Å². The fraction of sp³-hybridized carbons (Fsp3) is 0.286. The van der Waals surface area contributed by atoms with Crippen LogP contribution in [0.4, 0.5) is 0 Å². The molecule has 1 rings (SSSR count). The lowest BCUT2D eigenvalue weighted by molar-refractivity contribution is 0.266. The lowest BCUT2D eigenvalue weighted by Gasteiger charge is -2.06. The third-order valence-corrected chi connectivity index (χ3v) is 1.75. The van der Waals surface area contributed by atoms with Crippen molar-refractivity contribution < 1.29 is 5.11 Å². The Morgan fingerprint density at radius 1 is 1.46 bits per heavy atom. The van der Waals surface area contributed by atoms with Gasteiger partial charge in [-0.15, -0.1) is 24.8 Å². The summed E-state index contributed by atoms with van der Waals surface area (Å²) >= 11 is 3.21. The van der Waals surface area contributed by atoms with Gasteiger partial charge >= 0.3 is 0 Å². The van der Waals surface area contributed by atoms with E-state index >= 15 is 0 Å². The van der Waals surface area contributed by atoms with Crippen LogP contribution in [0.15, 0.2) is 22.8 Å². The van der Waals surface area contributed by atoms with Crippen LogP contribution < -0.4 is 5.73 Å². The number of nitrogens with zero attached hydrogens (tertiary/aromatic N) is 1. The van der Waals surface area contributed by atoms with Gasteiger partial charge in [0, 0.05) is 0 Å². The van der Waals surface area contributed by atoms with E-state index in [-0.39, 0.29) is 37.5 Å². The Kier molecular flexibility index (Phi) is 9.03. The van der Waals surface area contributed by atoms with E-state index in [9.17, 15) is 0 Å². The van der Waals surface area contributed by atoms with Gasteiger partial charge in [0.25, 0.3) is 0 Å². The van der Waals surface area contributed by atoms with Crippen molar-refractivity contribution in [3.05, 3.63) is 28.5 Å². The van der Waals surface area contributed by atoms with Crippen molar-refractivity contribution in [3.8, 4) is 0 Å². The highest BCUT2D eigenvalue weighted by atomic mass is 79.9. The SMILES string of the molecule is Cl.Cl.N[C@@H](CO)c1cccc(Br)n1. The van der Waals surface area contributed by atoms with Gasteiger partial charge in [0.2, 0.25) is 0 Å². The number of rotatable bonds is 2. The van der Waals surface area contributed by atoms with Gasteiger partial charge in [-0.1, -0.05) is 6.07 Å². The molecule has 0 unspecified atom stereocenters. The maximum Gasteiger partial charge on any atom is 0.106 e. The molecule has 0 saturated heterocycles. The Labute approximate surface area is 97.7 Å². The molecule has 1 atom stereocenters. The lowest BCUT2D eigenvalue weighted by Crippen LogP contribution is -2.15. The summed E-state index contributed by atoms with van der Waals surface area (Å²) in [5.41, 5.74) is 6.23. The van der Waals surface area contributed by atoms with Crippen molar-refractivity contribution in [1.29, 1.82) is 0 Å². The highest BCUT2D eigenvalue weighted by Crippen LogP contribution is 2.10. The van der Waals surface area contributed by atoms with Gasteiger partial charge < -0.3 is 10.8 Å². The van der Waals surface area contributed by atoms with Gasteiger partial charge in [-0.2, -0.15) is 0 Å². The smallest absolute Gasteiger partial charge is 0.106 e. The molecule has 6 heteroatoms. The molecular formula is C7H11BrCl2N2O. The van der Waals surface area contributed by atoms with Crippen molar-refractivity contribution in [2.24, 2.45) is 5.73 Å². The molecule has 0 aliphatic carbocycles. The monoisotopic (exact) mass is 288 g/mol. The number of aliphatic hydroxyl groups excluding tert-OH is 1. The van der Waals surface area contributed by atoms with Crippen LogP contribution in [0.1, 0.15) is 11.7 Å². The topological polar surface area (TPSA) is 59.1 Å². The van der Waals surface area contributed by atoms with Crippen LogP contribution in [0.2, 0.25) is 0 Å². The molecule has 0 saturated carbocycles. The van der Waals surface area contributed by atoms with Crippen LogP contribution in [0.3, 0.4) is 0 Å². The van der Waals surface area contributed by atoms with Crippen LogP contribution in [-0.4, -0.2) is 16.7 Å². The summed E-state index contributed by atoms with van der Waals surface area (Å²) in [4.78, 5) is 4.08. The zero-order chi connectivity index (χ0) is 8.27. The van der Waals surface area contributed by atoms with Crippen molar-refractivity contribution in [2.45, 2.75) is 6.04 Å². The standard InChI is InChI=1S/C7H9BrN2O.2ClH/c8-7-3-1-2-6(10-7)5(9)4-11;;/h1-3,5,11H,4,9H2;2*1H/t5-;;/m0../s1. The molecule has 3 nitrogen and oxygen atoms in total. The number of aromatic nitrogens is 1. The van der Waals surface area contributed by atoms with Gasteiger partial charge in [-0.3, -0.25) is 0 Å². The summed E-state index contributed by atoms with van der Waals surface area (Å²) in [7, 11) is 0. The summed E-state index contributed by atoms with van der Waals surface area (Å²) in [5, 5.41) is 8.70. The summed E-state index contributed by atoms with van der Waals surface area (Å²) in [6.45, 7) is -0.0799. The normalized spacial score (nSPS) is 11.0. The zero-order valence-electron chi connectivity index (χ0n) is 6.68. The van der Waals surface area contributed by atoms with Crippen molar-refractivity contribution >= 4 is 40.7 Å². The van der Waals surface area contributed by atoms with Crippen LogP contribution >= 0.6 is 40.7 Å². The summed E-state index contributed by atoms with van der Waals surface area (Å²) in [5.74, 6) is 0. The van der Waals surface area contributed by atoms with E-state index in [1.165, 1.54) is 0 Å². The number of halogens is 3. The first-order chi connectivity index (χ1) is 5.24. The highest BCUT2D eigenvalue weighted by molar-refractivity contribution is 9.10. The van der Waals surface area contributed by atoms with Gasteiger partial charge in [0.15, 0.2) is 0 Å². The second kappa shape index (κ2) is 7.53. The minimum absolute atomic E-state index is 0. The molecule has 0 aliphatic heterocycles. The first kappa shape index (κ1) is 15.6. The molecule has 3 N–H and O–H groups in total. The predicted molar refractivity (Wildman–Crippen MR) is 60.4 cm³/mol. The summed E-state index contributed by atoms with van der Waals surface area (Å²) < 4.78 is 0.735. The first-order valence-electron chi connectivity index (χ1n) is 3.23. The van der Waals surface area contributed by atoms with E-state index in [0.29, 0.717) is 5.69 Å². The quantitative estimate of drug-likeness (QED) is 0.815. The van der Waals surface area contributed by atoms with Crippen LogP contribution in [0.5, 0.6) is 0 Å². The van der Waals surface area contributed by atoms with Gasteiger partial charge in [0.05, 0.1) is 18.3 Å². The van der Waals surface area contributed by atoms with Crippen molar-refractivity contribution in [2.75, 3.05) is 6.61 Å². The molecule has 0 fully saturated rings. The molecule has 13 heavy (non-hydrogen) atoms. The third kappa shape index (κ3) is 4.78. The minimum Gasteiger partial charge on any atom is -0.394 e. The second-order valence-corrected chi connectivity index (χ2v) is 2.99. The number of hydrogen-bond acceptors (Lipinski definition) is 3. The zero-order valence-corrected chi connectivity index (χ0v) is 9.90. The minimum atomic E-state index is -0.382. The van der Waals surface area contributed by atoms with Crippen LogP contribution in [0.25, 0.3) is 0 Å². The molecule has 1 heterocycles. The maximum atomic E-state index is 8.70. The van der Waals surface area contributed by atoms with Crippen molar-refractivity contribution in [1.82, 2.24) is 4.98 Å². The summed E-state index contributed by atoms with van der Waals surface area (Å²) in [6.07, 6.45) is 0. The lowest BCUT2D eigenvalue weighted by atomic mass is 10.2. The molecule has 0 amide bonds. The molecule has 0 aromatic carbocycles. The second-order valence-electron chi connectivity index (χ2n) is 2.17. The molecule has 0 aliphatic rings. The predicted octanol–water partition coefficient (Wildman–Crippen LogP) is 1.68. The molecule has 0 bridgehead atoms. The largest absolute Gasteiger partial charge is 0.394 e. The Morgan fingerprint density at radius 2 is 2.08 bits per heavy atom. The molecule has 1 aromatic heterocycles. The van der Waals surface area contributed by atoms with E-state index in [1.54, 1.807) is 6.07 Å².